The zero-order valence-corrected chi connectivity index (χ0v) is 12.8. The van der Waals surface area contributed by atoms with E-state index in [0.717, 1.165) is 11.4 Å². The number of anilines is 1. The van der Waals surface area contributed by atoms with Crippen molar-refractivity contribution < 1.29 is 9.18 Å². The Hall–Kier alpha value is -2.41. The molecule has 1 saturated heterocycles. The van der Waals surface area contributed by atoms with E-state index in [1.54, 1.807) is 29.6 Å². The maximum Gasteiger partial charge on any atom is 0.240 e. The maximum absolute atomic E-state index is 13.0. The lowest BCUT2D eigenvalue weighted by atomic mass is 10.1. The lowest BCUT2D eigenvalue weighted by molar-refractivity contribution is -0.132. The van der Waals surface area contributed by atoms with Gasteiger partial charge in [0.1, 0.15) is 5.82 Å². The summed E-state index contributed by atoms with van der Waals surface area (Å²) < 4.78 is 13.0. The molecule has 3 N–H and O–H groups in total. The molecule has 0 aliphatic carbocycles. The van der Waals surface area contributed by atoms with E-state index in [1.807, 2.05) is 0 Å². The van der Waals surface area contributed by atoms with Crippen LogP contribution in [0.2, 0.25) is 0 Å². The van der Waals surface area contributed by atoms with Gasteiger partial charge in [-0.15, -0.1) is 0 Å². The summed E-state index contributed by atoms with van der Waals surface area (Å²) in [4.78, 5) is 23.2. The van der Waals surface area contributed by atoms with Crippen molar-refractivity contribution in [1.29, 1.82) is 0 Å². The third-order valence-corrected chi connectivity index (χ3v) is 4.09. The molecule has 2 aromatic rings. The molecule has 1 atom stereocenters. The number of carbonyl (C=O) groups is 1. The van der Waals surface area contributed by atoms with Crippen LogP contribution in [0.5, 0.6) is 0 Å². The van der Waals surface area contributed by atoms with Crippen molar-refractivity contribution in [1.82, 2.24) is 14.9 Å². The van der Waals surface area contributed by atoms with Gasteiger partial charge in [0.2, 0.25) is 5.91 Å². The summed E-state index contributed by atoms with van der Waals surface area (Å²) in [7, 11) is 0. The number of H-pyrrole nitrogens is 1. The van der Waals surface area contributed by atoms with Gasteiger partial charge in [0.05, 0.1) is 12.4 Å². The predicted molar refractivity (Wildman–Crippen MR) is 85.5 cm³/mol. The number of halogens is 1. The van der Waals surface area contributed by atoms with Gasteiger partial charge in [0, 0.05) is 50.2 Å². The fraction of sp³-hybridized carbons (Fsp3) is 0.375. The van der Waals surface area contributed by atoms with E-state index in [2.05, 4.69) is 14.9 Å². The van der Waals surface area contributed by atoms with Crippen LogP contribution in [0.25, 0.3) is 0 Å². The predicted octanol–water partition coefficient (Wildman–Crippen LogP) is 0.767. The van der Waals surface area contributed by atoms with E-state index < -0.39 is 6.04 Å². The second-order valence-electron chi connectivity index (χ2n) is 5.68. The molecule has 1 aromatic carbocycles. The molecule has 0 radical (unpaired) electrons. The normalized spacial score (nSPS) is 16.4. The number of carbonyl (C=O) groups excluding carboxylic acids is 1. The minimum Gasteiger partial charge on any atom is -0.368 e. The van der Waals surface area contributed by atoms with Crippen LogP contribution in [0.4, 0.5) is 10.1 Å². The zero-order chi connectivity index (χ0) is 16.2. The number of imidazole rings is 1. The Kier molecular flexibility index (Phi) is 4.57. The van der Waals surface area contributed by atoms with Crippen LogP contribution in [0, 0.1) is 5.82 Å². The molecule has 1 aliphatic heterocycles. The number of nitrogens with zero attached hydrogens (tertiary/aromatic N) is 3. The Morgan fingerprint density at radius 1 is 1.26 bits per heavy atom. The minimum atomic E-state index is -0.562. The Balaban J connectivity index is 1.53. The summed E-state index contributed by atoms with van der Waals surface area (Å²) >= 11 is 0. The van der Waals surface area contributed by atoms with Gasteiger partial charge in [-0.2, -0.15) is 0 Å². The van der Waals surface area contributed by atoms with Crippen LogP contribution >= 0.6 is 0 Å². The summed E-state index contributed by atoms with van der Waals surface area (Å²) in [6.07, 6.45) is 3.71. The van der Waals surface area contributed by atoms with E-state index in [4.69, 9.17) is 5.73 Å². The van der Waals surface area contributed by atoms with Gasteiger partial charge in [-0.1, -0.05) is 0 Å². The number of hydrogen-bond acceptors (Lipinski definition) is 4. The van der Waals surface area contributed by atoms with E-state index in [-0.39, 0.29) is 11.7 Å². The number of rotatable bonds is 4. The molecule has 1 fully saturated rings. The molecular weight excluding hydrogens is 297 g/mol. The average molecular weight is 317 g/mol. The summed E-state index contributed by atoms with van der Waals surface area (Å²) in [6.45, 7) is 2.67. The fourth-order valence-electron chi connectivity index (χ4n) is 2.79. The van der Waals surface area contributed by atoms with Crippen LogP contribution in [-0.2, 0) is 11.2 Å². The van der Waals surface area contributed by atoms with Gasteiger partial charge in [-0.3, -0.25) is 4.79 Å². The van der Waals surface area contributed by atoms with Gasteiger partial charge in [0.25, 0.3) is 0 Å². The Morgan fingerprint density at radius 2 is 1.96 bits per heavy atom. The molecule has 0 unspecified atom stereocenters. The van der Waals surface area contributed by atoms with Crippen LogP contribution in [0.15, 0.2) is 36.8 Å². The van der Waals surface area contributed by atoms with Crippen LogP contribution < -0.4 is 10.6 Å². The van der Waals surface area contributed by atoms with Gasteiger partial charge in [-0.25, -0.2) is 9.37 Å². The fourth-order valence-corrected chi connectivity index (χ4v) is 2.79. The van der Waals surface area contributed by atoms with Crippen molar-refractivity contribution in [3.8, 4) is 0 Å². The van der Waals surface area contributed by atoms with Crippen molar-refractivity contribution in [2.45, 2.75) is 12.5 Å². The highest BCUT2D eigenvalue weighted by atomic mass is 19.1. The highest BCUT2D eigenvalue weighted by molar-refractivity contribution is 5.82. The lowest BCUT2D eigenvalue weighted by Crippen LogP contribution is -2.53. The highest BCUT2D eigenvalue weighted by Crippen LogP contribution is 2.17. The third-order valence-electron chi connectivity index (χ3n) is 4.09. The molecule has 0 spiro atoms. The minimum absolute atomic E-state index is 0.0432. The number of nitrogens with one attached hydrogen (secondary N) is 1. The molecule has 2 heterocycles. The first kappa shape index (κ1) is 15.5. The highest BCUT2D eigenvalue weighted by Gasteiger charge is 2.25. The number of hydrogen-bond donors (Lipinski definition) is 2. The second-order valence-corrected chi connectivity index (χ2v) is 5.68. The zero-order valence-electron chi connectivity index (χ0n) is 12.8. The first-order valence-electron chi connectivity index (χ1n) is 7.65. The standard InChI is InChI=1S/C16H20FN5O/c17-12-1-3-14(4-2-12)21-5-7-22(8-6-21)16(23)15(18)9-13-10-19-11-20-13/h1-4,10-11,15H,5-9,18H2,(H,19,20)/t15-/m1/s1. The monoisotopic (exact) mass is 317 g/mol. The smallest absolute Gasteiger partial charge is 0.240 e. The average Bonchev–Trinajstić information content (AvgIpc) is 3.08. The van der Waals surface area contributed by atoms with Gasteiger partial charge in [-0.05, 0) is 24.3 Å². The summed E-state index contributed by atoms with van der Waals surface area (Å²) in [5, 5.41) is 0. The number of benzene rings is 1. The Labute approximate surface area is 134 Å². The van der Waals surface area contributed by atoms with E-state index in [1.165, 1.54) is 12.1 Å². The quantitative estimate of drug-likeness (QED) is 0.873. The SMILES string of the molecule is N[C@H](Cc1cnc[nH]1)C(=O)N1CCN(c2ccc(F)cc2)CC1. The lowest BCUT2D eigenvalue weighted by Gasteiger charge is -2.37. The van der Waals surface area contributed by atoms with Crippen LogP contribution in [0.3, 0.4) is 0 Å². The van der Waals surface area contributed by atoms with Crippen LogP contribution in [0.1, 0.15) is 5.69 Å². The summed E-state index contributed by atoms with van der Waals surface area (Å²) in [6, 6.07) is 5.86. The van der Waals surface area contributed by atoms with Crippen molar-refractivity contribution in [3.05, 3.63) is 48.3 Å². The third kappa shape index (κ3) is 3.68. The van der Waals surface area contributed by atoms with Gasteiger partial charge in [0.15, 0.2) is 0 Å². The first-order valence-corrected chi connectivity index (χ1v) is 7.65. The van der Waals surface area contributed by atoms with Gasteiger partial charge >= 0.3 is 0 Å². The van der Waals surface area contributed by atoms with E-state index in [0.29, 0.717) is 32.6 Å². The molecule has 0 saturated carbocycles. The molecular formula is C16H20FN5O. The molecule has 1 aromatic heterocycles. The molecule has 6 nitrogen and oxygen atoms in total. The number of aromatic nitrogens is 2. The molecule has 1 aliphatic rings. The molecule has 1 amide bonds. The van der Waals surface area contributed by atoms with Gasteiger partial charge < -0.3 is 20.5 Å². The van der Waals surface area contributed by atoms with Crippen molar-refractivity contribution in [2.24, 2.45) is 5.73 Å². The second kappa shape index (κ2) is 6.78. The Morgan fingerprint density at radius 3 is 2.57 bits per heavy atom. The van der Waals surface area contributed by atoms with E-state index in [9.17, 15) is 9.18 Å². The summed E-state index contributed by atoms with van der Waals surface area (Å²) in [5.74, 6) is -0.286. The topological polar surface area (TPSA) is 78.2 Å². The van der Waals surface area contributed by atoms with Crippen LogP contribution in [-0.4, -0.2) is 53.0 Å². The molecule has 0 bridgehead atoms. The number of piperazine rings is 1. The van der Waals surface area contributed by atoms with Crippen molar-refractivity contribution in [3.63, 3.8) is 0 Å². The van der Waals surface area contributed by atoms with Crippen molar-refractivity contribution in [2.75, 3.05) is 31.1 Å². The first-order chi connectivity index (χ1) is 11.1. The van der Waals surface area contributed by atoms with Crippen molar-refractivity contribution >= 4 is 11.6 Å². The molecule has 122 valence electrons. The number of nitrogens with two attached hydrogens (primary N) is 1. The largest absolute Gasteiger partial charge is 0.368 e. The number of amides is 1. The Bertz CT molecular complexity index is 635. The maximum atomic E-state index is 13.0. The summed E-state index contributed by atoms with van der Waals surface area (Å²) in [5.41, 5.74) is 7.84. The molecule has 23 heavy (non-hydrogen) atoms. The van der Waals surface area contributed by atoms with E-state index >= 15 is 0 Å². The molecule has 7 heteroatoms. The number of aromatic amines is 1. The molecule has 3 rings (SSSR count).